The molecule has 128 valence electrons. The highest BCUT2D eigenvalue weighted by Crippen LogP contribution is 2.21. The molecule has 0 spiro atoms. The standard InChI is InChI=1S/C19H13ClN4O2/c20-12-8-6-11(7-9-12)10-14-16-15(19(26)22-18(14)25)17(21)24(23-16)13-4-2-1-3-5-13/h1-10,21,26H,(H,22,25). The molecule has 4 rings (SSSR count). The number of aromatic nitrogens is 1. The number of fused-ring (bicyclic) bond motifs is 1. The van der Waals surface area contributed by atoms with Crippen molar-refractivity contribution in [2.24, 2.45) is 5.10 Å². The smallest absolute Gasteiger partial charge is 0.260 e. The summed E-state index contributed by atoms with van der Waals surface area (Å²) in [6.45, 7) is 0. The van der Waals surface area contributed by atoms with Gasteiger partial charge < -0.3 is 5.11 Å². The molecule has 0 radical (unpaired) electrons. The topological polar surface area (TPSA) is 92.5 Å². The monoisotopic (exact) mass is 364 g/mol. The van der Waals surface area contributed by atoms with Crippen LogP contribution in [-0.4, -0.2) is 15.9 Å². The van der Waals surface area contributed by atoms with E-state index in [1.165, 1.54) is 5.01 Å². The lowest BCUT2D eigenvalue weighted by molar-refractivity contribution is 0.449. The van der Waals surface area contributed by atoms with Crippen molar-refractivity contribution in [1.29, 1.82) is 5.41 Å². The van der Waals surface area contributed by atoms with Crippen molar-refractivity contribution in [3.63, 3.8) is 0 Å². The molecule has 0 unspecified atom stereocenters. The molecule has 7 heteroatoms. The Kier molecular flexibility index (Phi) is 3.82. The highest BCUT2D eigenvalue weighted by molar-refractivity contribution is 6.30. The summed E-state index contributed by atoms with van der Waals surface area (Å²) in [6, 6.07) is 16.1. The first-order chi connectivity index (χ1) is 12.5. The summed E-state index contributed by atoms with van der Waals surface area (Å²) in [5.74, 6) is -0.379. The van der Waals surface area contributed by atoms with E-state index in [2.05, 4.69) is 10.1 Å². The van der Waals surface area contributed by atoms with E-state index >= 15 is 0 Å². The van der Waals surface area contributed by atoms with Crippen LogP contribution in [0.4, 0.5) is 5.69 Å². The molecule has 6 nitrogen and oxygen atoms in total. The van der Waals surface area contributed by atoms with Crippen LogP contribution >= 0.6 is 11.6 Å². The number of benzene rings is 2. The molecule has 1 aliphatic rings. The van der Waals surface area contributed by atoms with Crippen molar-refractivity contribution in [1.82, 2.24) is 4.98 Å². The van der Waals surface area contributed by atoms with Gasteiger partial charge in [-0.2, -0.15) is 5.10 Å². The average molecular weight is 365 g/mol. The van der Waals surface area contributed by atoms with Crippen molar-refractivity contribution >= 4 is 29.2 Å². The van der Waals surface area contributed by atoms with Gasteiger partial charge >= 0.3 is 0 Å². The van der Waals surface area contributed by atoms with Gasteiger partial charge in [0.15, 0.2) is 5.84 Å². The van der Waals surface area contributed by atoms with Gasteiger partial charge in [-0.3, -0.25) is 15.2 Å². The van der Waals surface area contributed by atoms with E-state index in [9.17, 15) is 9.90 Å². The number of anilines is 1. The zero-order valence-corrected chi connectivity index (χ0v) is 14.2. The zero-order chi connectivity index (χ0) is 18.3. The zero-order valence-electron chi connectivity index (χ0n) is 13.4. The number of hydrogen-bond acceptors (Lipinski definition) is 4. The summed E-state index contributed by atoms with van der Waals surface area (Å²) in [5, 5.41) is 25.4. The van der Waals surface area contributed by atoms with Gasteiger partial charge in [0, 0.05) is 5.02 Å². The van der Waals surface area contributed by atoms with Crippen LogP contribution in [0.25, 0.3) is 6.08 Å². The lowest BCUT2D eigenvalue weighted by atomic mass is 10.1. The molecule has 0 bridgehead atoms. The van der Waals surface area contributed by atoms with E-state index in [0.717, 1.165) is 5.56 Å². The fourth-order valence-corrected chi connectivity index (χ4v) is 2.92. The Bertz CT molecular complexity index is 1190. The fraction of sp³-hybridized carbons (Fsp3) is 0. The van der Waals surface area contributed by atoms with Gasteiger partial charge in [0.25, 0.3) is 5.56 Å². The number of rotatable bonds is 2. The summed E-state index contributed by atoms with van der Waals surface area (Å²) < 4.78 is 0. The minimum atomic E-state index is -0.484. The Labute approximate surface area is 152 Å². The minimum Gasteiger partial charge on any atom is -0.494 e. The van der Waals surface area contributed by atoms with Crippen LogP contribution in [0.15, 0.2) is 64.5 Å². The van der Waals surface area contributed by atoms with Crippen molar-refractivity contribution in [2.45, 2.75) is 0 Å². The third kappa shape index (κ3) is 2.66. The number of nitrogens with one attached hydrogen (secondary N) is 2. The van der Waals surface area contributed by atoms with Crippen molar-refractivity contribution in [3.05, 3.63) is 91.7 Å². The Balaban J connectivity index is 1.98. The number of halogens is 1. The predicted octanol–water partition coefficient (Wildman–Crippen LogP) is 1.94. The Morgan fingerprint density at radius 3 is 2.50 bits per heavy atom. The number of aromatic amines is 1. The van der Waals surface area contributed by atoms with Crippen LogP contribution in [0.3, 0.4) is 0 Å². The number of aromatic hydroxyl groups is 1. The summed E-state index contributed by atoms with van der Waals surface area (Å²) in [4.78, 5) is 14.8. The van der Waals surface area contributed by atoms with Crippen LogP contribution in [0.1, 0.15) is 11.1 Å². The summed E-state index contributed by atoms with van der Waals surface area (Å²) in [6.07, 6.45) is 1.65. The molecule has 0 aliphatic carbocycles. The second-order valence-electron chi connectivity index (χ2n) is 5.73. The number of para-hydroxylation sites is 1. The van der Waals surface area contributed by atoms with Gasteiger partial charge in [0.1, 0.15) is 10.9 Å². The maximum absolute atomic E-state index is 12.4. The summed E-state index contributed by atoms with van der Waals surface area (Å²) >= 11 is 5.90. The number of pyridine rings is 1. The molecule has 26 heavy (non-hydrogen) atoms. The summed E-state index contributed by atoms with van der Waals surface area (Å²) in [7, 11) is 0. The normalized spacial score (nSPS) is 13.7. The third-order valence-corrected chi connectivity index (χ3v) is 4.29. The third-order valence-electron chi connectivity index (χ3n) is 4.04. The van der Waals surface area contributed by atoms with Gasteiger partial charge in [-0.05, 0) is 35.9 Å². The lowest BCUT2D eigenvalue weighted by Crippen LogP contribution is -2.42. The molecule has 1 aromatic heterocycles. The highest BCUT2D eigenvalue weighted by atomic mass is 35.5. The molecule has 2 aromatic carbocycles. The van der Waals surface area contributed by atoms with E-state index in [4.69, 9.17) is 17.0 Å². The molecule has 3 N–H and O–H groups in total. The SMILES string of the molecule is N=C1c2c(O)[nH]c(=O)c(=Cc3ccc(Cl)cc3)c2=NN1c1ccccc1. The van der Waals surface area contributed by atoms with Gasteiger partial charge in [-0.25, -0.2) is 5.01 Å². The summed E-state index contributed by atoms with van der Waals surface area (Å²) in [5.41, 5.74) is 1.13. The quantitative estimate of drug-likeness (QED) is 0.648. The first kappa shape index (κ1) is 16.1. The number of hydrogen-bond donors (Lipinski definition) is 3. The van der Waals surface area contributed by atoms with Crippen LogP contribution in [0, 0.1) is 5.41 Å². The second kappa shape index (κ2) is 6.16. The predicted molar refractivity (Wildman–Crippen MR) is 100 cm³/mol. The van der Waals surface area contributed by atoms with Gasteiger partial charge in [-0.15, -0.1) is 0 Å². The second-order valence-corrected chi connectivity index (χ2v) is 6.17. The first-order valence-electron chi connectivity index (χ1n) is 7.80. The Morgan fingerprint density at radius 2 is 1.81 bits per heavy atom. The maximum Gasteiger partial charge on any atom is 0.260 e. The largest absolute Gasteiger partial charge is 0.494 e. The van der Waals surface area contributed by atoms with Gasteiger partial charge in [0.2, 0.25) is 5.88 Å². The van der Waals surface area contributed by atoms with E-state index in [1.54, 1.807) is 42.5 Å². The highest BCUT2D eigenvalue weighted by Gasteiger charge is 2.26. The molecule has 0 atom stereocenters. The Hall–Kier alpha value is -3.38. The molecule has 2 heterocycles. The van der Waals surface area contributed by atoms with E-state index in [0.29, 0.717) is 10.7 Å². The molecule has 1 aliphatic heterocycles. The van der Waals surface area contributed by atoms with Crippen molar-refractivity contribution in [3.8, 4) is 5.88 Å². The molecule has 0 saturated heterocycles. The van der Waals surface area contributed by atoms with E-state index < -0.39 is 5.56 Å². The fourth-order valence-electron chi connectivity index (χ4n) is 2.79. The minimum absolute atomic E-state index is 0.00861. The maximum atomic E-state index is 12.4. The van der Waals surface area contributed by atoms with E-state index in [-0.39, 0.29) is 27.9 Å². The van der Waals surface area contributed by atoms with Crippen LogP contribution in [0.2, 0.25) is 5.02 Å². The van der Waals surface area contributed by atoms with Crippen LogP contribution in [0.5, 0.6) is 5.88 Å². The van der Waals surface area contributed by atoms with Crippen LogP contribution in [-0.2, 0) is 0 Å². The molecule has 0 saturated carbocycles. The van der Waals surface area contributed by atoms with E-state index in [1.807, 2.05) is 18.2 Å². The van der Waals surface area contributed by atoms with Crippen molar-refractivity contribution < 1.29 is 5.11 Å². The van der Waals surface area contributed by atoms with Crippen molar-refractivity contribution in [2.75, 3.05) is 5.01 Å². The molecule has 0 amide bonds. The molecule has 0 fully saturated rings. The number of H-pyrrole nitrogens is 1. The molecular weight excluding hydrogens is 352 g/mol. The first-order valence-corrected chi connectivity index (χ1v) is 8.17. The van der Waals surface area contributed by atoms with Crippen LogP contribution < -0.4 is 21.1 Å². The molecular formula is C19H13ClN4O2. The van der Waals surface area contributed by atoms with Gasteiger partial charge in [0.05, 0.1) is 10.9 Å². The molecule has 3 aromatic rings. The Morgan fingerprint density at radius 1 is 1.12 bits per heavy atom. The number of amidine groups is 1. The average Bonchev–Trinajstić information content (AvgIpc) is 2.99. The van der Waals surface area contributed by atoms with Gasteiger partial charge in [-0.1, -0.05) is 41.9 Å². The number of nitrogens with zero attached hydrogens (tertiary/aromatic N) is 2. The lowest BCUT2D eigenvalue weighted by Gasteiger charge is -2.13.